The molecule has 0 atom stereocenters. The number of hydrogen-bond donors (Lipinski definition) is 2. The van der Waals surface area contributed by atoms with Crippen molar-refractivity contribution in [3.05, 3.63) is 0 Å². The van der Waals surface area contributed by atoms with E-state index in [4.69, 9.17) is 20.9 Å². The van der Waals surface area contributed by atoms with Crippen LogP contribution in [0.4, 0.5) is 0 Å². The first-order valence-electron chi connectivity index (χ1n) is 5.97. The van der Waals surface area contributed by atoms with E-state index in [9.17, 15) is 0 Å². The lowest BCUT2D eigenvalue weighted by Crippen LogP contribution is -2.06. The van der Waals surface area contributed by atoms with Crippen LogP contribution in [0.15, 0.2) is 0 Å². The molecule has 0 heterocycles. The molecule has 0 bridgehead atoms. The van der Waals surface area contributed by atoms with Crippen LogP contribution in [-0.2, 0) is 9.47 Å². The summed E-state index contributed by atoms with van der Waals surface area (Å²) < 4.78 is 10.8. The van der Waals surface area contributed by atoms with E-state index in [1.54, 1.807) is 0 Å². The summed E-state index contributed by atoms with van der Waals surface area (Å²) in [4.78, 5) is 0. The molecule has 4 heteroatoms. The Bertz CT molecular complexity index is 101. The molecule has 0 spiro atoms. The summed E-state index contributed by atoms with van der Waals surface area (Å²) in [6.45, 7) is 4.75. The Morgan fingerprint density at radius 1 is 0.533 bits per heavy atom. The molecule has 0 unspecified atom stereocenters. The summed E-state index contributed by atoms with van der Waals surface area (Å²) in [5.74, 6) is 0. The molecule has 4 nitrogen and oxygen atoms in total. The fraction of sp³-hybridized carbons (Fsp3) is 1.00. The van der Waals surface area contributed by atoms with E-state index in [2.05, 4.69) is 0 Å². The third-order valence-electron chi connectivity index (χ3n) is 2.06. The van der Waals surface area contributed by atoms with Gasteiger partial charge in [-0.25, -0.2) is 0 Å². The fourth-order valence-corrected chi connectivity index (χ4v) is 1.16. The minimum absolute atomic E-state index is 0.758. The lowest BCUT2D eigenvalue weighted by molar-refractivity contribution is 0.0801. The van der Waals surface area contributed by atoms with Crippen molar-refractivity contribution in [3.63, 3.8) is 0 Å². The zero-order valence-electron chi connectivity index (χ0n) is 9.75. The molecule has 92 valence electrons. The molecule has 0 aromatic heterocycles. The third-order valence-corrected chi connectivity index (χ3v) is 2.06. The Kier molecular flexibility index (Phi) is 13.7. The summed E-state index contributed by atoms with van der Waals surface area (Å²) in [7, 11) is 0. The summed E-state index contributed by atoms with van der Waals surface area (Å²) in [5, 5.41) is 0. The van der Waals surface area contributed by atoms with Crippen LogP contribution in [0.3, 0.4) is 0 Å². The molecule has 0 saturated carbocycles. The van der Waals surface area contributed by atoms with Crippen LogP contribution in [0.2, 0.25) is 0 Å². The zero-order valence-corrected chi connectivity index (χ0v) is 9.75. The molecule has 0 aromatic rings. The molecule has 0 radical (unpaired) electrons. The maximum absolute atomic E-state index is 5.41. The molecule has 15 heavy (non-hydrogen) atoms. The predicted octanol–water partition coefficient (Wildman–Crippen LogP) is 0.888. The first kappa shape index (κ1) is 14.8. The van der Waals surface area contributed by atoms with Crippen LogP contribution in [0.1, 0.15) is 32.1 Å². The lowest BCUT2D eigenvalue weighted by atomic mass is 10.3. The van der Waals surface area contributed by atoms with Gasteiger partial charge >= 0.3 is 0 Å². The number of ether oxygens (including phenoxy) is 2. The first-order chi connectivity index (χ1) is 7.41. The first-order valence-corrected chi connectivity index (χ1v) is 5.97. The van der Waals surface area contributed by atoms with E-state index in [-0.39, 0.29) is 0 Å². The highest BCUT2D eigenvalue weighted by atomic mass is 16.5. The Labute approximate surface area is 93.3 Å². The molecule has 0 fully saturated rings. The van der Waals surface area contributed by atoms with E-state index >= 15 is 0 Å². The second-order valence-electron chi connectivity index (χ2n) is 3.57. The van der Waals surface area contributed by atoms with Gasteiger partial charge < -0.3 is 20.9 Å². The van der Waals surface area contributed by atoms with Gasteiger partial charge in [0.25, 0.3) is 0 Å². The van der Waals surface area contributed by atoms with E-state index in [0.717, 1.165) is 71.6 Å². The highest BCUT2D eigenvalue weighted by molar-refractivity contribution is 4.42. The molecule has 0 aliphatic carbocycles. The van der Waals surface area contributed by atoms with Crippen LogP contribution in [-0.4, -0.2) is 39.5 Å². The monoisotopic (exact) mass is 218 g/mol. The molecule has 0 aliphatic rings. The molecule has 0 saturated heterocycles. The standard InChI is InChI=1S/C11H26N2O2/c12-6-1-3-8-14-10-5-11-15-9-4-2-7-13/h1-13H2. The smallest absolute Gasteiger partial charge is 0.0487 e. The second kappa shape index (κ2) is 13.8. The zero-order chi connectivity index (χ0) is 11.2. The molecule has 0 amide bonds. The van der Waals surface area contributed by atoms with Crippen molar-refractivity contribution in [1.29, 1.82) is 0 Å². The highest BCUT2D eigenvalue weighted by Gasteiger charge is 1.91. The van der Waals surface area contributed by atoms with E-state index in [1.807, 2.05) is 0 Å². The Hall–Kier alpha value is -0.160. The molecule has 0 aliphatic heterocycles. The Balaban J connectivity index is 2.81. The number of hydrogen-bond acceptors (Lipinski definition) is 4. The SMILES string of the molecule is NCCCCOCCCOCCCCN. The summed E-state index contributed by atoms with van der Waals surface area (Å²) in [6, 6.07) is 0. The van der Waals surface area contributed by atoms with Crippen LogP contribution in [0.25, 0.3) is 0 Å². The Morgan fingerprint density at radius 3 is 1.33 bits per heavy atom. The average Bonchev–Trinajstić information content (AvgIpc) is 2.26. The summed E-state index contributed by atoms with van der Waals surface area (Å²) in [5.41, 5.74) is 10.7. The molecular weight excluding hydrogens is 192 g/mol. The van der Waals surface area contributed by atoms with Crippen LogP contribution in [0.5, 0.6) is 0 Å². The third kappa shape index (κ3) is 13.8. The average molecular weight is 218 g/mol. The van der Waals surface area contributed by atoms with E-state index in [1.165, 1.54) is 0 Å². The van der Waals surface area contributed by atoms with E-state index < -0.39 is 0 Å². The van der Waals surface area contributed by atoms with Gasteiger partial charge in [0.1, 0.15) is 0 Å². The minimum Gasteiger partial charge on any atom is -0.381 e. The number of unbranched alkanes of at least 4 members (excludes halogenated alkanes) is 2. The van der Waals surface area contributed by atoms with Gasteiger partial charge in [0.15, 0.2) is 0 Å². The fourth-order valence-electron chi connectivity index (χ4n) is 1.16. The summed E-state index contributed by atoms with van der Waals surface area (Å²) >= 11 is 0. The number of rotatable bonds is 12. The van der Waals surface area contributed by atoms with Crippen molar-refractivity contribution in [2.24, 2.45) is 11.5 Å². The van der Waals surface area contributed by atoms with Crippen molar-refractivity contribution in [2.45, 2.75) is 32.1 Å². The second-order valence-corrected chi connectivity index (χ2v) is 3.57. The van der Waals surface area contributed by atoms with Crippen LogP contribution in [0, 0.1) is 0 Å². The Morgan fingerprint density at radius 2 is 0.933 bits per heavy atom. The van der Waals surface area contributed by atoms with E-state index in [0.29, 0.717) is 0 Å². The van der Waals surface area contributed by atoms with Gasteiger partial charge in [0, 0.05) is 26.4 Å². The van der Waals surface area contributed by atoms with Gasteiger partial charge in [0.2, 0.25) is 0 Å². The van der Waals surface area contributed by atoms with Gasteiger partial charge in [0.05, 0.1) is 0 Å². The van der Waals surface area contributed by atoms with Gasteiger partial charge in [-0.3, -0.25) is 0 Å². The van der Waals surface area contributed by atoms with Crippen molar-refractivity contribution < 1.29 is 9.47 Å². The van der Waals surface area contributed by atoms with Gasteiger partial charge in [-0.2, -0.15) is 0 Å². The van der Waals surface area contributed by atoms with Gasteiger partial charge in [-0.05, 0) is 45.2 Å². The van der Waals surface area contributed by atoms with Gasteiger partial charge in [-0.1, -0.05) is 0 Å². The quantitative estimate of drug-likeness (QED) is 0.477. The summed E-state index contributed by atoms with van der Waals surface area (Å²) in [6.07, 6.45) is 5.21. The van der Waals surface area contributed by atoms with Crippen molar-refractivity contribution in [2.75, 3.05) is 39.5 Å². The molecule has 4 N–H and O–H groups in total. The topological polar surface area (TPSA) is 70.5 Å². The van der Waals surface area contributed by atoms with Crippen molar-refractivity contribution in [1.82, 2.24) is 0 Å². The van der Waals surface area contributed by atoms with Crippen LogP contribution < -0.4 is 11.5 Å². The minimum atomic E-state index is 0.758. The molecule has 0 rings (SSSR count). The largest absolute Gasteiger partial charge is 0.381 e. The maximum atomic E-state index is 5.41. The maximum Gasteiger partial charge on any atom is 0.0487 e. The van der Waals surface area contributed by atoms with Gasteiger partial charge in [-0.15, -0.1) is 0 Å². The molecular formula is C11H26N2O2. The lowest BCUT2D eigenvalue weighted by Gasteiger charge is -2.05. The molecule has 0 aromatic carbocycles. The predicted molar refractivity (Wildman–Crippen MR) is 62.8 cm³/mol. The van der Waals surface area contributed by atoms with Crippen LogP contribution >= 0.6 is 0 Å². The highest BCUT2D eigenvalue weighted by Crippen LogP contribution is 1.92. The van der Waals surface area contributed by atoms with Crippen molar-refractivity contribution >= 4 is 0 Å². The normalized spacial score (nSPS) is 10.8. The van der Waals surface area contributed by atoms with Crippen molar-refractivity contribution in [3.8, 4) is 0 Å². The number of nitrogens with two attached hydrogens (primary N) is 2.